The number of halogens is 1. The van der Waals surface area contributed by atoms with Gasteiger partial charge < -0.3 is 10.6 Å². The van der Waals surface area contributed by atoms with E-state index in [0.717, 1.165) is 5.56 Å². The maximum absolute atomic E-state index is 14.1. The van der Waals surface area contributed by atoms with Gasteiger partial charge >= 0.3 is 0 Å². The number of hydrogen-bond acceptors (Lipinski definition) is 2. The first-order valence-electron chi connectivity index (χ1n) is 7.43. The van der Waals surface area contributed by atoms with Crippen molar-refractivity contribution in [2.75, 3.05) is 13.6 Å². The molecule has 0 bridgehead atoms. The molecule has 0 aliphatic heterocycles. The lowest BCUT2D eigenvalue weighted by molar-refractivity contribution is -0.121. The molecule has 0 saturated carbocycles. The third kappa shape index (κ3) is 4.67. The summed E-state index contributed by atoms with van der Waals surface area (Å²) in [7, 11) is 1.80. The fourth-order valence-electron chi connectivity index (χ4n) is 2.35. The van der Waals surface area contributed by atoms with E-state index in [4.69, 9.17) is 0 Å². The molecule has 1 amide bonds. The van der Waals surface area contributed by atoms with E-state index >= 15 is 0 Å². The Morgan fingerprint density at radius 2 is 1.77 bits per heavy atom. The van der Waals surface area contributed by atoms with Gasteiger partial charge in [0.1, 0.15) is 5.82 Å². The van der Waals surface area contributed by atoms with Crippen molar-refractivity contribution in [3.8, 4) is 0 Å². The number of carbonyl (C=O) groups excluding carboxylic acids is 1. The predicted molar refractivity (Wildman–Crippen MR) is 86.0 cm³/mol. The highest BCUT2D eigenvalue weighted by atomic mass is 19.1. The lowest BCUT2D eigenvalue weighted by atomic mass is 9.98. The smallest absolute Gasteiger partial charge is 0.221 e. The van der Waals surface area contributed by atoms with Gasteiger partial charge in [-0.3, -0.25) is 4.79 Å². The molecule has 0 radical (unpaired) electrons. The third-order valence-corrected chi connectivity index (χ3v) is 3.50. The SMILES string of the molecule is CNCCC(=O)NC(Cc1ccccc1)c1ccccc1F. The monoisotopic (exact) mass is 300 g/mol. The number of rotatable bonds is 7. The van der Waals surface area contributed by atoms with Crippen LogP contribution in [0.2, 0.25) is 0 Å². The topological polar surface area (TPSA) is 41.1 Å². The summed E-state index contributed by atoms with van der Waals surface area (Å²) in [6.07, 6.45) is 0.934. The quantitative estimate of drug-likeness (QED) is 0.825. The lowest BCUT2D eigenvalue weighted by Crippen LogP contribution is -2.32. The molecule has 116 valence electrons. The van der Waals surface area contributed by atoms with Gasteiger partial charge in [-0.05, 0) is 25.1 Å². The lowest BCUT2D eigenvalue weighted by Gasteiger charge is -2.20. The van der Waals surface area contributed by atoms with Crippen molar-refractivity contribution in [3.63, 3.8) is 0 Å². The van der Waals surface area contributed by atoms with E-state index in [0.29, 0.717) is 24.9 Å². The maximum atomic E-state index is 14.1. The molecule has 0 aliphatic rings. The second kappa shape index (κ2) is 8.29. The normalized spacial score (nSPS) is 11.9. The molecule has 2 aromatic carbocycles. The van der Waals surface area contributed by atoms with E-state index in [9.17, 15) is 9.18 Å². The summed E-state index contributed by atoms with van der Waals surface area (Å²) in [4.78, 5) is 12.0. The van der Waals surface area contributed by atoms with Crippen LogP contribution in [0.15, 0.2) is 54.6 Å². The Hall–Kier alpha value is -2.20. The van der Waals surface area contributed by atoms with Crippen LogP contribution < -0.4 is 10.6 Å². The summed E-state index contributed by atoms with van der Waals surface area (Å²) in [6, 6.07) is 16.0. The van der Waals surface area contributed by atoms with Gasteiger partial charge in [0.05, 0.1) is 6.04 Å². The average molecular weight is 300 g/mol. The Bertz CT molecular complexity index is 601. The summed E-state index contributed by atoms with van der Waals surface area (Å²) in [6.45, 7) is 0.598. The molecule has 0 aromatic heterocycles. The Morgan fingerprint density at radius 1 is 1.09 bits per heavy atom. The third-order valence-electron chi connectivity index (χ3n) is 3.50. The molecule has 0 heterocycles. The molecule has 1 atom stereocenters. The van der Waals surface area contributed by atoms with Gasteiger partial charge in [0, 0.05) is 18.5 Å². The molecule has 1 unspecified atom stereocenters. The molecule has 4 heteroatoms. The Morgan fingerprint density at radius 3 is 2.45 bits per heavy atom. The first kappa shape index (κ1) is 16.2. The van der Waals surface area contributed by atoms with Gasteiger partial charge in [-0.2, -0.15) is 0 Å². The number of nitrogens with one attached hydrogen (secondary N) is 2. The molecule has 2 rings (SSSR count). The average Bonchev–Trinajstić information content (AvgIpc) is 2.54. The number of amides is 1. The fraction of sp³-hybridized carbons (Fsp3) is 0.278. The van der Waals surface area contributed by atoms with Crippen LogP contribution in [0.3, 0.4) is 0 Å². The molecular formula is C18H21FN2O. The van der Waals surface area contributed by atoms with Gasteiger partial charge in [-0.25, -0.2) is 4.39 Å². The zero-order chi connectivity index (χ0) is 15.8. The van der Waals surface area contributed by atoms with Crippen molar-refractivity contribution in [1.29, 1.82) is 0 Å². The maximum Gasteiger partial charge on any atom is 0.221 e. The largest absolute Gasteiger partial charge is 0.349 e. The van der Waals surface area contributed by atoms with E-state index in [1.165, 1.54) is 6.07 Å². The zero-order valence-corrected chi connectivity index (χ0v) is 12.7. The van der Waals surface area contributed by atoms with Crippen molar-refractivity contribution >= 4 is 5.91 Å². The van der Waals surface area contributed by atoms with E-state index in [-0.39, 0.29) is 17.8 Å². The van der Waals surface area contributed by atoms with Crippen molar-refractivity contribution in [2.24, 2.45) is 0 Å². The Kier molecular flexibility index (Phi) is 6.10. The number of benzene rings is 2. The first-order chi connectivity index (χ1) is 10.7. The number of hydrogen-bond donors (Lipinski definition) is 2. The van der Waals surface area contributed by atoms with Crippen LogP contribution in [0, 0.1) is 5.82 Å². The van der Waals surface area contributed by atoms with Crippen molar-refractivity contribution in [3.05, 3.63) is 71.5 Å². The van der Waals surface area contributed by atoms with Crippen LogP contribution in [0.25, 0.3) is 0 Å². The van der Waals surface area contributed by atoms with Gasteiger partial charge in [0.2, 0.25) is 5.91 Å². The van der Waals surface area contributed by atoms with Gasteiger partial charge in [0.25, 0.3) is 0 Å². The van der Waals surface area contributed by atoms with Crippen LogP contribution in [-0.2, 0) is 11.2 Å². The molecule has 22 heavy (non-hydrogen) atoms. The van der Waals surface area contributed by atoms with E-state index in [1.807, 2.05) is 30.3 Å². The molecule has 0 spiro atoms. The fourth-order valence-corrected chi connectivity index (χ4v) is 2.35. The molecule has 2 N–H and O–H groups in total. The van der Waals surface area contributed by atoms with E-state index in [2.05, 4.69) is 10.6 Å². The predicted octanol–water partition coefficient (Wildman–Crippen LogP) is 2.84. The second-order valence-electron chi connectivity index (χ2n) is 5.18. The van der Waals surface area contributed by atoms with Gasteiger partial charge in [-0.1, -0.05) is 48.5 Å². The van der Waals surface area contributed by atoms with Crippen LogP contribution in [0.1, 0.15) is 23.6 Å². The highest BCUT2D eigenvalue weighted by molar-refractivity contribution is 5.76. The van der Waals surface area contributed by atoms with Crippen molar-refractivity contribution in [1.82, 2.24) is 10.6 Å². The first-order valence-corrected chi connectivity index (χ1v) is 7.43. The molecule has 2 aromatic rings. The van der Waals surface area contributed by atoms with Gasteiger partial charge in [-0.15, -0.1) is 0 Å². The second-order valence-corrected chi connectivity index (χ2v) is 5.18. The minimum absolute atomic E-state index is 0.0847. The van der Waals surface area contributed by atoms with Crippen LogP contribution in [0.5, 0.6) is 0 Å². The van der Waals surface area contributed by atoms with Crippen molar-refractivity contribution < 1.29 is 9.18 Å². The molecule has 0 fully saturated rings. The Balaban J connectivity index is 2.17. The highest BCUT2D eigenvalue weighted by Gasteiger charge is 2.18. The summed E-state index contributed by atoms with van der Waals surface area (Å²) in [5, 5.41) is 5.88. The summed E-state index contributed by atoms with van der Waals surface area (Å²) >= 11 is 0. The van der Waals surface area contributed by atoms with E-state index in [1.54, 1.807) is 25.2 Å². The molecular weight excluding hydrogens is 279 g/mol. The molecule has 3 nitrogen and oxygen atoms in total. The summed E-state index contributed by atoms with van der Waals surface area (Å²) in [5.41, 5.74) is 1.58. The number of carbonyl (C=O) groups is 1. The molecule has 0 saturated heterocycles. The van der Waals surface area contributed by atoms with Crippen molar-refractivity contribution in [2.45, 2.75) is 18.9 Å². The minimum Gasteiger partial charge on any atom is -0.349 e. The van der Waals surface area contributed by atoms with Crippen LogP contribution in [-0.4, -0.2) is 19.5 Å². The van der Waals surface area contributed by atoms with E-state index < -0.39 is 0 Å². The van der Waals surface area contributed by atoms with Crippen LogP contribution >= 0.6 is 0 Å². The summed E-state index contributed by atoms with van der Waals surface area (Å²) < 4.78 is 14.1. The Labute approximate surface area is 130 Å². The highest BCUT2D eigenvalue weighted by Crippen LogP contribution is 2.21. The van der Waals surface area contributed by atoms with Crippen LogP contribution in [0.4, 0.5) is 4.39 Å². The van der Waals surface area contributed by atoms with Gasteiger partial charge in [0.15, 0.2) is 0 Å². The minimum atomic E-state index is -0.368. The zero-order valence-electron chi connectivity index (χ0n) is 12.7. The molecule has 0 aliphatic carbocycles. The standard InChI is InChI=1S/C18H21FN2O/c1-20-12-11-18(22)21-17(13-14-7-3-2-4-8-14)15-9-5-6-10-16(15)19/h2-10,17,20H,11-13H2,1H3,(H,21,22). The summed E-state index contributed by atoms with van der Waals surface area (Å²) in [5.74, 6) is -0.379.